The van der Waals surface area contributed by atoms with Crippen LogP contribution in [0.25, 0.3) is 5.65 Å². The zero-order chi connectivity index (χ0) is 31.1. The number of allylic oxidation sites excluding steroid dienone is 5. The number of carbonyl (C=O) groups excluding carboxylic acids is 3. The maximum Gasteiger partial charge on any atom is 0.270 e. The molecule has 1 atom stereocenters. The lowest BCUT2D eigenvalue weighted by molar-refractivity contribution is -0.107. The summed E-state index contributed by atoms with van der Waals surface area (Å²) in [6, 6.07) is 5.76. The van der Waals surface area contributed by atoms with Gasteiger partial charge in [-0.1, -0.05) is 48.1 Å². The number of fused-ring (bicyclic) bond motifs is 1. The Morgan fingerprint density at radius 1 is 1.12 bits per heavy atom. The van der Waals surface area contributed by atoms with Gasteiger partial charge in [-0.05, 0) is 57.7 Å². The predicted octanol–water partition coefficient (Wildman–Crippen LogP) is 5.22. The zero-order valence-electron chi connectivity index (χ0n) is 25.1. The van der Waals surface area contributed by atoms with E-state index in [1.54, 1.807) is 64.6 Å². The first-order chi connectivity index (χ1) is 20.1. The van der Waals surface area contributed by atoms with Crippen molar-refractivity contribution >= 4 is 23.7 Å². The zero-order valence-corrected chi connectivity index (χ0v) is 25.1. The van der Waals surface area contributed by atoms with Crippen LogP contribution in [0, 0.1) is 19.7 Å². The molecule has 9 nitrogen and oxygen atoms in total. The summed E-state index contributed by atoms with van der Waals surface area (Å²) in [4.78, 5) is 41.5. The van der Waals surface area contributed by atoms with Crippen molar-refractivity contribution in [1.29, 1.82) is 0 Å². The van der Waals surface area contributed by atoms with Crippen LogP contribution in [0.5, 0.6) is 0 Å². The average molecular weight is 578 g/mol. The van der Waals surface area contributed by atoms with Crippen LogP contribution in [-0.4, -0.2) is 53.0 Å². The van der Waals surface area contributed by atoms with E-state index in [0.717, 1.165) is 18.3 Å². The molecule has 0 aliphatic rings. The van der Waals surface area contributed by atoms with E-state index in [2.05, 4.69) is 25.5 Å². The number of aldehydes is 1. The molecule has 3 rings (SSSR count). The molecule has 0 fully saturated rings. The lowest BCUT2D eigenvalue weighted by Crippen LogP contribution is -2.35. The molecule has 0 saturated heterocycles. The SMILES string of the molecule is C/C=C(\C)CCC(/C=C/C=CCC=O)NC(=O)c1cc(C(=O)NCc2ccc(F)c(C)c2)nc2c(C)cnn12.COC. The molecule has 0 aliphatic heterocycles. The van der Waals surface area contributed by atoms with Gasteiger partial charge in [0.05, 0.1) is 6.20 Å². The number of aryl methyl sites for hydroxylation is 2. The van der Waals surface area contributed by atoms with Gasteiger partial charge in [0.15, 0.2) is 5.65 Å². The number of carbonyl (C=O) groups is 3. The number of ether oxygens (including phenoxy) is 1. The van der Waals surface area contributed by atoms with E-state index in [9.17, 15) is 18.8 Å². The second kappa shape index (κ2) is 17.4. The summed E-state index contributed by atoms with van der Waals surface area (Å²) in [5.41, 5.74) is 3.80. The molecule has 224 valence electrons. The Labute approximate surface area is 246 Å². The molecule has 0 radical (unpaired) electrons. The van der Waals surface area contributed by atoms with Gasteiger partial charge in [0.1, 0.15) is 23.5 Å². The highest BCUT2D eigenvalue weighted by Gasteiger charge is 2.20. The number of hydrogen-bond acceptors (Lipinski definition) is 6. The molecule has 2 heterocycles. The summed E-state index contributed by atoms with van der Waals surface area (Å²) >= 11 is 0. The monoisotopic (exact) mass is 577 g/mol. The fourth-order valence-corrected chi connectivity index (χ4v) is 3.84. The number of amides is 2. The van der Waals surface area contributed by atoms with E-state index in [1.807, 2.05) is 26.0 Å². The van der Waals surface area contributed by atoms with Crippen molar-refractivity contribution in [3.63, 3.8) is 0 Å². The smallest absolute Gasteiger partial charge is 0.270 e. The van der Waals surface area contributed by atoms with Crippen LogP contribution in [0.4, 0.5) is 4.39 Å². The maximum atomic E-state index is 13.6. The lowest BCUT2D eigenvalue weighted by Gasteiger charge is -2.16. The number of halogens is 1. The van der Waals surface area contributed by atoms with E-state index in [0.29, 0.717) is 29.6 Å². The van der Waals surface area contributed by atoms with Crippen LogP contribution < -0.4 is 10.6 Å². The molecule has 0 aliphatic carbocycles. The van der Waals surface area contributed by atoms with E-state index in [1.165, 1.54) is 22.2 Å². The molecule has 2 aromatic heterocycles. The van der Waals surface area contributed by atoms with E-state index >= 15 is 0 Å². The first-order valence-electron chi connectivity index (χ1n) is 13.6. The van der Waals surface area contributed by atoms with Crippen LogP contribution >= 0.6 is 0 Å². The number of hydrogen-bond donors (Lipinski definition) is 2. The molecule has 1 unspecified atom stereocenters. The second-order valence-corrected chi connectivity index (χ2v) is 9.73. The molecule has 1 aromatic carbocycles. The molecule has 3 aromatic rings. The van der Waals surface area contributed by atoms with Gasteiger partial charge in [-0.3, -0.25) is 9.59 Å². The third-order valence-corrected chi connectivity index (χ3v) is 6.27. The summed E-state index contributed by atoms with van der Waals surface area (Å²) in [5, 5.41) is 10.1. The summed E-state index contributed by atoms with van der Waals surface area (Å²) < 4.78 is 19.3. The predicted molar refractivity (Wildman–Crippen MR) is 162 cm³/mol. The Bertz CT molecular complexity index is 1460. The van der Waals surface area contributed by atoms with Crippen molar-refractivity contribution in [2.24, 2.45) is 0 Å². The van der Waals surface area contributed by atoms with Crippen LogP contribution in [0.2, 0.25) is 0 Å². The Morgan fingerprint density at radius 3 is 2.52 bits per heavy atom. The van der Waals surface area contributed by atoms with Gasteiger partial charge >= 0.3 is 0 Å². The van der Waals surface area contributed by atoms with Crippen LogP contribution in [0.3, 0.4) is 0 Å². The minimum absolute atomic E-state index is 0.0729. The van der Waals surface area contributed by atoms with Crippen molar-refractivity contribution in [3.8, 4) is 0 Å². The Balaban J connectivity index is 0.00000197. The summed E-state index contributed by atoms with van der Waals surface area (Å²) in [5.74, 6) is -1.18. The molecule has 0 spiro atoms. The highest BCUT2D eigenvalue weighted by atomic mass is 19.1. The van der Waals surface area contributed by atoms with Crippen LogP contribution in [0.1, 0.15) is 70.8 Å². The Hall–Kier alpha value is -4.44. The van der Waals surface area contributed by atoms with Gasteiger partial charge in [-0.15, -0.1) is 0 Å². The van der Waals surface area contributed by atoms with Crippen LogP contribution in [0.15, 0.2) is 66.4 Å². The van der Waals surface area contributed by atoms with Gasteiger partial charge in [0, 0.05) is 44.9 Å². The van der Waals surface area contributed by atoms with Crippen molar-refractivity contribution < 1.29 is 23.5 Å². The second-order valence-electron chi connectivity index (χ2n) is 9.73. The lowest BCUT2D eigenvalue weighted by atomic mass is 10.1. The Kier molecular flexibility index (Phi) is 14.0. The summed E-state index contributed by atoms with van der Waals surface area (Å²) in [6.45, 7) is 7.65. The fraction of sp³-hybridized carbons (Fsp3) is 0.344. The first-order valence-corrected chi connectivity index (χ1v) is 13.6. The van der Waals surface area contributed by atoms with Crippen LogP contribution in [-0.2, 0) is 16.1 Å². The molecular formula is C32H40FN5O4. The molecule has 42 heavy (non-hydrogen) atoms. The standard InChI is InChI=1S/C30H34FN5O3.C2H6O/c1-5-20(2)11-13-24(10-8-6-7-9-15-37)34-30(39)27-17-26(35-28-22(4)18-33-36(27)28)29(38)32-19-23-12-14-25(31)21(3)16-23;1-3-2/h5-8,10,12,14-18,24H,9,11,13,19H2,1-4H3,(H,32,38)(H,34,39);1-2H3/b7-6?,10-8+,20-5+;. The minimum Gasteiger partial charge on any atom is -0.388 e. The topological polar surface area (TPSA) is 115 Å². The quantitative estimate of drug-likeness (QED) is 0.173. The highest BCUT2D eigenvalue weighted by molar-refractivity contribution is 5.98. The minimum atomic E-state index is -0.463. The van der Waals surface area contributed by atoms with Crippen molar-refractivity contribution in [2.45, 2.75) is 59.5 Å². The Morgan fingerprint density at radius 2 is 1.86 bits per heavy atom. The number of nitrogens with one attached hydrogen (secondary N) is 2. The maximum absolute atomic E-state index is 13.6. The molecular weight excluding hydrogens is 537 g/mol. The van der Waals surface area contributed by atoms with Gasteiger partial charge in [-0.2, -0.15) is 5.10 Å². The fourth-order valence-electron chi connectivity index (χ4n) is 3.84. The van der Waals surface area contributed by atoms with E-state index < -0.39 is 11.8 Å². The molecule has 0 saturated carbocycles. The largest absolute Gasteiger partial charge is 0.388 e. The van der Waals surface area contributed by atoms with Gasteiger partial charge < -0.3 is 20.2 Å². The third kappa shape index (κ3) is 10.2. The highest BCUT2D eigenvalue weighted by Crippen LogP contribution is 2.15. The summed E-state index contributed by atoms with van der Waals surface area (Å²) in [6.07, 6.45) is 13.4. The number of aromatic nitrogens is 3. The molecule has 0 bridgehead atoms. The van der Waals surface area contributed by atoms with Gasteiger partial charge in [-0.25, -0.2) is 13.9 Å². The molecule has 2 N–H and O–H groups in total. The van der Waals surface area contributed by atoms with Crippen molar-refractivity contribution in [2.75, 3.05) is 14.2 Å². The van der Waals surface area contributed by atoms with E-state index in [4.69, 9.17) is 0 Å². The van der Waals surface area contributed by atoms with E-state index in [-0.39, 0.29) is 29.8 Å². The average Bonchev–Trinajstić information content (AvgIpc) is 3.35. The van der Waals surface area contributed by atoms with Crippen molar-refractivity contribution in [1.82, 2.24) is 25.2 Å². The number of benzene rings is 1. The number of methoxy groups -OCH3 is 1. The third-order valence-electron chi connectivity index (χ3n) is 6.27. The number of rotatable bonds is 12. The normalized spacial score (nSPS) is 12.3. The van der Waals surface area contributed by atoms with Gasteiger partial charge in [0.25, 0.3) is 11.8 Å². The summed E-state index contributed by atoms with van der Waals surface area (Å²) in [7, 11) is 3.25. The van der Waals surface area contributed by atoms with Crippen molar-refractivity contribution in [3.05, 3.63) is 100 Å². The first kappa shape index (κ1) is 33.8. The van der Waals surface area contributed by atoms with Gasteiger partial charge in [0.2, 0.25) is 0 Å². The molecule has 2 amide bonds. The number of nitrogens with zero attached hydrogens (tertiary/aromatic N) is 3. The molecule has 10 heteroatoms.